The highest BCUT2D eigenvalue weighted by Gasteiger charge is 2.23. The van der Waals surface area contributed by atoms with Crippen molar-refractivity contribution in [3.8, 4) is 0 Å². The molecule has 1 aliphatic rings. The highest BCUT2D eigenvalue weighted by Crippen LogP contribution is 2.30. The fraction of sp³-hybridized carbons (Fsp3) is 0.500. The number of imidazole rings is 1. The van der Waals surface area contributed by atoms with Crippen LogP contribution < -0.4 is 0 Å². The second-order valence-corrected chi connectivity index (χ2v) is 6.24. The van der Waals surface area contributed by atoms with Gasteiger partial charge < -0.3 is 14.5 Å². The van der Waals surface area contributed by atoms with Gasteiger partial charge in [-0.25, -0.2) is 9.97 Å². The van der Waals surface area contributed by atoms with Gasteiger partial charge in [-0.2, -0.15) is 0 Å². The summed E-state index contributed by atoms with van der Waals surface area (Å²) in [5.41, 5.74) is 3.17. The first-order valence-electron chi connectivity index (χ1n) is 7.76. The van der Waals surface area contributed by atoms with Crippen molar-refractivity contribution in [2.75, 3.05) is 13.1 Å². The number of nitrogens with one attached hydrogen (secondary N) is 1. The zero-order valence-corrected chi connectivity index (χ0v) is 12.6. The van der Waals surface area contributed by atoms with Crippen LogP contribution in [0.3, 0.4) is 0 Å². The molecule has 4 heterocycles. The number of H-pyrrole nitrogens is 1. The van der Waals surface area contributed by atoms with E-state index in [2.05, 4.69) is 44.3 Å². The zero-order chi connectivity index (χ0) is 14.4. The average molecular weight is 283 g/mol. The SMILES string of the molecule is CC(C)N1CCC(n2cnc3cnc4[nH]ccc4c32)CC1. The van der Waals surface area contributed by atoms with Gasteiger partial charge in [0.25, 0.3) is 0 Å². The van der Waals surface area contributed by atoms with Crippen LogP contribution in [0.1, 0.15) is 32.7 Å². The number of hydrogen-bond acceptors (Lipinski definition) is 3. The summed E-state index contributed by atoms with van der Waals surface area (Å²) in [6.07, 6.45) is 8.20. The van der Waals surface area contributed by atoms with Crippen molar-refractivity contribution in [3.63, 3.8) is 0 Å². The maximum Gasteiger partial charge on any atom is 0.139 e. The van der Waals surface area contributed by atoms with Crippen LogP contribution in [-0.4, -0.2) is 43.6 Å². The van der Waals surface area contributed by atoms with Crippen LogP contribution in [0, 0.1) is 0 Å². The summed E-state index contributed by atoms with van der Waals surface area (Å²) in [4.78, 5) is 14.7. The monoisotopic (exact) mass is 283 g/mol. The van der Waals surface area contributed by atoms with Gasteiger partial charge in [-0.1, -0.05) is 0 Å². The topological polar surface area (TPSA) is 49.7 Å². The lowest BCUT2D eigenvalue weighted by molar-refractivity contribution is 0.153. The number of likely N-dealkylation sites (tertiary alicyclic amines) is 1. The quantitative estimate of drug-likeness (QED) is 0.786. The van der Waals surface area contributed by atoms with E-state index in [1.165, 1.54) is 36.8 Å². The molecule has 0 spiro atoms. The van der Waals surface area contributed by atoms with Gasteiger partial charge >= 0.3 is 0 Å². The number of rotatable bonds is 2. The lowest BCUT2D eigenvalue weighted by atomic mass is 10.0. The number of piperidine rings is 1. The third-order valence-electron chi connectivity index (χ3n) is 4.74. The second-order valence-electron chi connectivity index (χ2n) is 6.24. The summed E-state index contributed by atoms with van der Waals surface area (Å²) in [7, 11) is 0. The van der Waals surface area contributed by atoms with Gasteiger partial charge in [-0.05, 0) is 32.8 Å². The Bertz CT molecular complexity index is 761. The van der Waals surface area contributed by atoms with Crippen molar-refractivity contribution in [2.45, 2.75) is 38.8 Å². The summed E-state index contributed by atoms with van der Waals surface area (Å²) in [5, 5.41) is 1.18. The molecule has 21 heavy (non-hydrogen) atoms. The second kappa shape index (κ2) is 4.84. The minimum absolute atomic E-state index is 0.547. The van der Waals surface area contributed by atoms with E-state index in [0.29, 0.717) is 12.1 Å². The van der Waals surface area contributed by atoms with Crippen molar-refractivity contribution in [3.05, 3.63) is 24.8 Å². The Morgan fingerprint density at radius 2 is 2.05 bits per heavy atom. The Morgan fingerprint density at radius 1 is 1.24 bits per heavy atom. The predicted octanol–water partition coefficient (Wildman–Crippen LogP) is 2.96. The van der Waals surface area contributed by atoms with Crippen LogP contribution in [0.15, 0.2) is 24.8 Å². The summed E-state index contributed by atoms with van der Waals surface area (Å²) in [6.45, 7) is 6.90. The van der Waals surface area contributed by atoms with Gasteiger partial charge in [0.15, 0.2) is 0 Å². The van der Waals surface area contributed by atoms with Crippen LogP contribution in [-0.2, 0) is 0 Å². The summed E-state index contributed by atoms with van der Waals surface area (Å²) in [6, 6.07) is 3.29. The van der Waals surface area contributed by atoms with Crippen molar-refractivity contribution in [1.82, 2.24) is 24.4 Å². The van der Waals surface area contributed by atoms with Crippen LogP contribution in [0.2, 0.25) is 0 Å². The van der Waals surface area contributed by atoms with Gasteiger partial charge in [-0.15, -0.1) is 0 Å². The van der Waals surface area contributed by atoms with Gasteiger partial charge in [0.05, 0.1) is 18.0 Å². The van der Waals surface area contributed by atoms with Crippen molar-refractivity contribution < 1.29 is 0 Å². The number of aromatic nitrogens is 4. The summed E-state index contributed by atoms with van der Waals surface area (Å²) < 4.78 is 2.37. The molecule has 5 nitrogen and oxygen atoms in total. The first-order chi connectivity index (χ1) is 10.2. The first-order valence-corrected chi connectivity index (χ1v) is 7.76. The van der Waals surface area contributed by atoms with Crippen LogP contribution in [0.5, 0.6) is 0 Å². The lowest BCUT2D eigenvalue weighted by Crippen LogP contribution is -2.38. The van der Waals surface area contributed by atoms with E-state index < -0.39 is 0 Å². The number of nitrogens with zero attached hydrogens (tertiary/aromatic N) is 4. The van der Waals surface area contributed by atoms with Crippen LogP contribution >= 0.6 is 0 Å². The van der Waals surface area contributed by atoms with Gasteiger partial charge in [0.1, 0.15) is 11.2 Å². The van der Waals surface area contributed by atoms with E-state index in [9.17, 15) is 0 Å². The smallest absolute Gasteiger partial charge is 0.139 e. The molecule has 0 aromatic carbocycles. The van der Waals surface area contributed by atoms with Crippen molar-refractivity contribution >= 4 is 22.1 Å². The Kier molecular flexibility index (Phi) is 2.96. The standard InChI is InChI=1S/C16H21N5/c1-11(2)20-7-4-12(5-8-20)21-10-19-14-9-18-16-13(15(14)21)3-6-17-16/h3,6,9-12H,4-5,7-8H2,1-2H3,(H,17,18). The Balaban J connectivity index is 1.72. The predicted molar refractivity (Wildman–Crippen MR) is 84.4 cm³/mol. The Hall–Kier alpha value is -1.88. The first kappa shape index (κ1) is 12.8. The lowest BCUT2D eigenvalue weighted by Gasteiger charge is -2.35. The van der Waals surface area contributed by atoms with Crippen LogP contribution in [0.4, 0.5) is 0 Å². The third kappa shape index (κ3) is 2.03. The normalized spacial score (nSPS) is 18.2. The van der Waals surface area contributed by atoms with Gasteiger partial charge in [0, 0.05) is 36.8 Å². The highest BCUT2D eigenvalue weighted by atomic mass is 15.2. The van der Waals surface area contributed by atoms with Crippen molar-refractivity contribution in [2.24, 2.45) is 0 Å². The summed E-state index contributed by atoms with van der Waals surface area (Å²) in [5.74, 6) is 0. The third-order valence-corrected chi connectivity index (χ3v) is 4.74. The molecule has 3 aromatic rings. The molecule has 0 unspecified atom stereocenters. The fourth-order valence-electron chi connectivity index (χ4n) is 3.49. The molecular formula is C16H21N5. The minimum Gasteiger partial charge on any atom is -0.346 e. The van der Waals surface area contributed by atoms with E-state index in [0.717, 1.165) is 11.2 Å². The summed E-state index contributed by atoms with van der Waals surface area (Å²) >= 11 is 0. The molecule has 1 N–H and O–H groups in total. The molecule has 4 rings (SSSR count). The fourth-order valence-corrected chi connectivity index (χ4v) is 3.49. The molecule has 0 aliphatic carbocycles. The Morgan fingerprint density at radius 3 is 2.81 bits per heavy atom. The zero-order valence-electron chi connectivity index (χ0n) is 12.6. The molecule has 0 bridgehead atoms. The largest absolute Gasteiger partial charge is 0.346 e. The van der Waals surface area contributed by atoms with E-state index in [1.807, 2.05) is 18.7 Å². The molecule has 110 valence electrons. The molecule has 0 amide bonds. The van der Waals surface area contributed by atoms with E-state index in [4.69, 9.17) is 0 Å². The molecular weight excluding hydrogens is 262 g/mol. The molecule has 1 saturated heterocycles. The minimum atomic E-state index is 0.547. The highest BCUT2D eigenvalue weighted by molar-refractivity contribution is 6.00. The van der Waals surface area contributed by atoms with E-state index in [-0.39, 0.29) is 0 Å². The molecule has 0 radical (unpaired) electrons. The maximum atomic E-state index is 4.55. The molecule has 1 aliphatic heterocycles. The van der Waals surface area contributed by atoms with E-state index in [1.54, 1.807) is 0 Å². The maximum absolute atomic E-state index is 4.55. The van der Waals surface area contributed by atoms with Gasteiger partial charge in [-0.3, -0.25) is 0 Å². The number of hydrogen-bond donors (Lipinski definition) is 1. The number of pyridine rings is 1. The molecule has 0 atom stereocenters. The van der Waals surface area contributed by atoms with Gasteiger partial charge in [0.2, 0.25) is 0 Å². The number of aromatic amines is 1. The molecule has 1 fully saturated rings. The molecule has 5 heteroatoms. The Labute approximate surface area is 124 Å². The average Bonchev–Trinajstić information content (AvgIpc) is 3.13. The van der Waals surface area contributed by atoms with Crippen molar-refractivity contribution in [1.29, 1.82) is 0 Å². The van der Waals surface area contributed by atoms with E-state index >= 15 is 0 Å². The van der Waals surface area contributed by atoms with Crippen LogP contribution in [0.25, 0.3) is 22.1 Å². The molecule has 3 aromatic heterocycles. The number of fused-ring (bicyclic) bond motifs is 3. The molecule has 0 saturated carbocycles.